The number of hydrogen-bond acceptors (Lipinski definition) is 7. The van der Waals surface area contributed by atoms with Gasteiger partial charge >= 0.3 is 0 Å². The van der Waals surface area contributed by atoms with Crippen molar-refractivity contribution in [2.24, 2.45) is 11.5 Å². The fraction of sp³-hybridized carbons (Fsp3) is 0.105. The van der Waals surface area contributed by atoms with Crippen molar-refractivity contribution in [3.05, 3.63) is 60.6 Å². The van der Waals surface area contributed by atoms with Gasteiger partial charge in [-0.3, -0.25) is 14.6 Å². The van der Waals surface area contributed by atoms with Gasteiger partial charge in [0.05, 0.1) is 11.7 Å². The van der Waals surface area contributed by atoms with Gasteiger partial charge in [0.2, 0.25) is 5.91 Å². The van der Waals surface area contributed by atoms with E-state index in [4.69, 9.17) is 11.5 Å². The molecule has 0 aliphatic carbocycles. The van der Waals surface area contributed by atoms with Crippen LogP contribution in [0.4, 0.5) is 17.3 Å². The van der Waals surface area contributed by atoms with E-state index < -0.39 is 17.9 Å². The highest BCUT2D eigenvalue weighted by Gasteiger charge is 2.19. The van der Waals surface area contributed by atoms with E-state index in [1.807, 2.05) is 24.3 Å². The summed E-state index contributed by atoms with van der Waals surface area (Å²) in [6.45, 7) is 5.39. The van der Waals surface area contributed by atoms with Gasteiger partial charge in [0.15, 0.2) is 11.5 Å². The molecule has 0 saturated heterocycles. The maximum atomic E-state index is 11.7. The van der Waals surface area contributed by atoms with E-state index in [-0.39, 0.29) is 17.3 Å². The Morgan fingerprint density at radius 2 is 1.96 bits per heavy atom. The van der Waals surface area contributed by atoms with E-state index in [0.717, 1.165) is 10.9 Å². The Morgan fingerprint density at radius 1 is 1.18 bits per heavy atom. The number of fused-ring (bicyclic) bond motifs is 1. The van der Waals surface area contributed by atoms with Crippen molar-refractivity contribution in [3.8, 4) is 0 Å². The number of primary amides is 2. The van der Waals surface area contributed by atoms with Crippen LogP contribution in [-0.4, -0.2) is 32.8 Å². The number of nitrogens with one attached hydrogen (secondary N) is 2. The number of carbonyl (C=O) groups is 2. The predicted octanol–water partition coefficient (Wildman–Crippen LogP) is 1.71. The summed E-state index contributed by atoms with van der Waals surface area (Å²) in [7, 11) is 0. The second-order valence-electron chi connectivity index (χ2n) is 6.18. The van der Waals surface area contributed by atoms with Gasteiger partial charge in [-0.05, 0) is 36.8 Å². The van der Waals surface area contributed by atoms with Crippen LogP contribution < -0.4 is 22.1 Å². The molecular weight excluding hydrogens is 358 g/mol. The molecule has 3 rings (SSSR count). The molecule has 0 unspecified atom stereocenters. The second kappa shape index (κ2) is 7.70. The van der Waals surface area contributed by atoms with E-state index >= 15 is 0 Å². The molecule has 3 aromatic rings. The Kier molecular flexibility index (Phi) is 5.16. The first kappa shape index (κ1) is 18.8. The van der Waals surface area contributed by atoms with E-state index in [2.05, 4.69) is 32.2 Å². The standard InChI is InChI=1S/C19H19N7O2/c1-10(2)15(17(20)27)25-14-9-23-16(18(21)28)19(26-14)24-12-5-6-13-11(8-12)4-3-7-22-13/h3-9,15H,1H2,2H3,(H2,20,27)(H2,21,28)(H2,24,25,26)/t15-/m1/s1. The van der Waals surface area contributed by atoms with Crippen molar-refractivity contribution in [3.63, 3.8) is 0 Å². The minimum absolute atomic E-state index is 0.0391. The fourth-order valence-electron chi connectivity index (χ4n) is 2.60. The fourth-order valence-corrected chi connectivity index (χ4v) is 2.60. The summed E-state index contributed by atoms with van der Waals surface area (Å²) in [5.74, 6) is -0.965. The molecule has 28 heavy (non-hydrogen) atoms. The molecule has 9 nitrogen and oxygen atoms in total. The summed E-state index contributed by atoms with van der Waals surface area (Å²) in [5, 5.41) is 6.80. The maximum Gasteiger partial charge on any atom is 0.271 e. The molecule has 142 valence electrons. The quantitative estimate of drug-likeness (QED) is 0.458. The van der Waals surface area contributed by atoms with Crippen molar-refractivity contribution in [1.29, 1.82) is 0 Å². The number of pyridine rings is 1. The molecule has 2 aromatic heterocycles. The minimum Gasteiger partial charge on any atom is -0.368 e. The average molecular weight is 377 g/mol. The zero-order valence-electron chi connectivity index (χ0n) is 15.1. The van der Waals surface area contributed by atoms with E-state index in [0.29, 0.717) is 11.3 Å². The van der Waals surface area contributed by atoms with Crippen LogP contribution in [0.1, 0.15) is 17.4 Å². The Morgan fingerprint density at radius 3 is 2.64 bits per heavy atom. The summed E-state index contributed by atoms with van der Waals surface area (Å²) >= 11 is 0. The highest BCUT2D eigenvalue weighted by atomic mass is 16.1. The summed E-state index contributed by atoms with van der Waals surface area (Å²) in [5.41, 5.74) is 12.8. The lowest BCUT2D eigenvalue weighted by molar-refractivity contribution is -0.118. The highest BCUT2D eigenvalue weighted by molar-refractivity contribution is 5.97. The molecule has 0 fully saturated rings. The molecule has 0 saturated carbocycles. The smallest absolute Gasteiger partial charge is 0.271 e. The number of rotatable bonds is 7. The summed E-state index contributed by atoms with van der Waals surface area (Å²) in [4.78, 5) is 36.0. The van der Waals surface area contributed by atoms with E-state index in [1.165, 1.54) is 6.20 Å². The summed E-state index contributed by atoms with van der Waals surface area (Å²) in [6, 6.07) is 8.40. The van der Waals surface area contributed by atoms with Crippen molar-refractivity contribution >= 4 is 40.0 Å². The molecule has 6 N–H and O–H groups in total. The average Bonchev–Trinajstić information content (AvgIpc) is 2.65. The van der Waals surface area contributed by atoms with Crippen LogP contribution >= 0.6 is 0 Å². The number of aromatic nitrogens is 3. The van der Waals surface area contributed by atoms with Crippen LogP contribution in [0, 0.1) is 0 Å². The summed E-state index contributed by atoms with van der Waals surface area (Å²) in [6.07, 6.45) is 3.01. The number of amides is 2. The first-order valence-corrected chi connectivity index (χ1v) is 8.35. The Labute approximate surface area is 160 Å². The molecule has 1 atom stereocenters. The lowest BCUT2D eigenvalue weighted by Gasteiger charge is -2.17. The van der Waals surface area contributed by atoms with Crippen molar-refractivity contribution in [2.75, 3.05) is 10.6 Å². The monoisotopic (exact) mass is 377 g/mol. The third-order valence-corrected chi connectivity index (χ3v) is 3.94. The topological polar surface area (TPSA) is 149 Å². The van der Waals surface area contributed by atoms with Gasteiger partial charge in [-0.1, -0.05) is 12.6 Å². The second-order valence-corrected chi connectivity index (χ2v) is 6.18. The van der Waals surface area contributed by atoms with Gasteiger partial charge in [0.1, 0.15) is 11.9 Å². The van der Waals surface area contributed by atoms with Crippen LogP contribution in [0.15, 0.2) is 54.9 Å². The largest absolute Gasteiger partial charge is 0.368 e. The molecule has 1 aromatic carbocycles. The number of benzene rings is 1. The van der Waals surface area contributed by atoms with Gasteiger partial charge in [0.25, 0.3) is 5.91 Å². The van der Waals surface area contributed by atoms with Gasteiger partial charge in [-0.15, -0.1) is 0 Å². The van der Waals surface area contributed by atoms with E-state index in [1.54, 1.807) is 19.2 Å². The van der Waals surface area contributed by atoms with Crippen molar-refractivity contribution < 1.29 is 9.59 Å². The number of anilines is 3. The molecule has 0 bridgehead atoms. The highest BCUT2D eigenvalue weighted by Crippen LogP contribution is 2.23. The van der Waals surface area contributed by atoms with Crippen molar-refractivity contribution in [2.45, 2.75) is 13.0 Å². The molecule has 2 heterocycles. The van der Waals surface area contributed by atoms with Gasteiger partial charge < -0.3 is 22.1 Å². The predicted molar refractivity (Wildman–Crippen MR) is 107 cm³/mol. The molecule has 9 heteroatoms. The maximum absolute atomic E-state index is 11.7. The van der Waals surface area contributed by atoms with Crippen LogP contribution in [0.3, 0.4) is 0 Å². The number of hydrogen-bond donors (Lipinski definition) is 4. The Bertz CT molecular complexity index is 1070. The molecule has 2 amide bonds. The van der Waals surface area contributed by atoms with Gasteiger partial charge in [0, 0.05) is 17.3 Å². The number of nitrogens with two attached hydrogens (primary N) is 2. The SMILES string of the molecule is C=C(C)[C@@H](Nc1cnc(C(N)=O)c(Nc2ccc3ncccc3c2)n1)C(N)=O. The first-order valence-electron chi connectivity index (χ1n) is 8.35. The first-order chi connectivity index (χ1) is 13.3. The molecular formula is C19H19N7O2. The molecule has 0 radical (unpaired) electrons. The Hall–Kier alpha value is -4.01. The normalized spacial score (nSPS) is 11.6. The van der Waals surface area contributed by atoms with Gasteiger partial charge in [-0.2, -0.15) is 0 Å². The minimum atomic E-state index is -0.826. The molecule has 0 aliphatic rings. The zero-order valence-corrected chi connectivity index (χ0v) is 15.1. The third kappa shape index (κ3) is 4.04. The van der Waals surface area contributed by atoms with Crippen LogP contribution in [-0.2, 0) is 4.79 Å². The van der Waals surface area contributed by atoms with Crippen LogP contribution in [0.25, 0.3) is 10.9 Å². The molecule has 0 aliphatic heterocycles. The van der Waals surface area contributed by atoms with Crippen LogP contribution in [0.2, 0.25) is 0 Å². The Balaban J connectivity index is 1.96. The van der Waals surface area contributed by atoms with Crippen LogP contribution in [0.5, 0.6) is 0 Å². The zero-order chi connectivity index (χ0) is 20.3. The van der Waals surface area contributed by atoms with E-state index in [9.17, 15) is 9.59 Å². The lowest BCUT2D eigenvalue weighted by atomic mass is 10.1. The lowest BCUT2D eigenvalue weighted by Crippen LogP contribution is -2.36. The summed E-state index contributed by atoms with van der Waals surface area (Å²) < 4.78 is 0. The number of nitrogens with zero attached hydrogens (tertiary/aromatic N) is 3. The number of carbonyl (C=O) groups excluding carboxylic acids is 2. The molecule has 0 spiro atoms. The van der Waals surface area contributed by atoms with Crippen molar-refractivity contribution in [1.82, 2.24) is 15.0 Å². The third-order valence-electron chi connectivity index (χ3n) is 3.94. The van der Waals surface area contributed by atoms with Gasteiger partial charge in [-0.25, -0.2) is 9.97 Å².